The van der Waals surface area contributed by atoms with Gasteiger partial charge in [-0.25, -0.2) is 0 Å². The Balaban J connectivity index is 1.94. The van der Waals surface area contributed by atoms with Crippen LogP contribution in [-0.4, -0.2) is 6.61 Å². The van der Waals surface area contributed by atoms with Crippen LogP contribution < -0.4 is 4.74 Å². The normalized spacial score (nSPS) is 10.4. The SMILES string of the molecule is Cc1cccc(CCOc2cc(C)ccc2Cl)c1. The summed E-state index contributed by atoms with van der Waals surface area (Å²) in [7, 11) is 0. The number of hydrogen-bond acceptors (Lipinski definition) is 1. The standard InChI is InChI=1S/C16H17ClO/c1-12-4-3-5-14(10-12)8-9-18-16-11-13(2)6-7-15(16)17/h3-7,10-11H,8-9H2,1-2H3. The Hall–Kier alpha value is -1.47. The minimum atomic E-state index is 0.645. The third-order valence-corrected chi connectivity index (χ3v) is 3.13. The molecule has 0 aliphatic heterocycles. The van der Waals surface area contributed by atoms with E-state index in [1.165, 1.54) is 11.1 Å². The molecule has 0 saturated heterocycles. The van der Waals surface area contributed by atoms with Crippen LogP contribution in [0.1, 0.15) is 16.7 Å². The molecule has 0 unspecified atom stereocenters. The van der Waals surface area contributed by atoms with Crippen LogP contribution in [0.2, 0.25) is 5.02 Å². The second-order valence-corrected chi connectivity index (χ2v) is 4.93. The van der Waals surface area contributed by atoms with Crippen molar-refractivity contribution in [3.05, 3.63) is 64.2 Å². The second kappa shape index (κ2) is 5.92. The topological polar surface area (TPSA) is 9.23 Å². The molecule has 2 heteroatoms. The van der Waals surface area contributed by atoms with Gasteiger partial charge in [-0.1, -0.05) is 47.5 Å². The quantitative estimate of drug-likeness (QED) is 0.782. The van der Waals surface area contributed by atoms with E-state index in [1.807, 2.05) is 25.1 Å². The first-order valence-corrected chi connectivity index (χ1v) is 6.47. The van der Waals surface area contributed by atoms with Crippen LogP contribution in [0.15, 0.2) is 42.5 Å². The zero-order valence-corrected chi connectivity index (χ0v) is 11.5. The van der Waals surface area contributed by atoms with Crippen LogP contribution in [-0.2, 0) is 6.42 Å². The van der Waals surface area contributed by atoms with Crippen molar-refractivity contribution < 1.29 is 4.74 Å². The minimum absolute atomic E-state index is 0.645. The van der Waals surface area contributed by atoms with Crippen LogP contribution in [0.5, 0.6) is 5.75 Å². The molecular weight excluding hydrogens is 244 g/mol. The van der Waals surface area contributed by atoms with E-state index < -0.39 is 0 Å². The Kier molecular flexibility index (Phi) is 4.27. The van der Waals surface area contributed by atoms with E-state index in [1.54, 1.807) is 0 Å². The van der Waals surface area contributed by atoms with Gasteiger partial charge in [0, 0.05) is 6.42 Å². The highest BCUT2D eigenvalue weighted by Gasteiger charge is 2.02. The highest BCUT2D eigenvalue weighted by Crippen LogP contribution is 2.25. The summed E-state index contributed by atoms with van der Waals surface area (Å²) in [5.41, 5.74) is 3.73. The molecule has 0 saturated carbocycles. The van der Waals surface area contributed by atoms with E-state index in [-0.39, 0.29) is 0 Å². The first-order chi connectivity index (χ1) is 8.65. The van der Waals surface area contributed by atoms with E-state index in [0.29, 0.717) is 11.6 Å². The van der Waals surface area contributed by atoms with E-state index in [2.05, 4.69) is 31.2 Å². The molecule has 0 aliphatic carbocycles. The van der Waals surface area contributed by atoms with Gasteiger partial charge >= 0.3 is 0 Å². The van der Waals surface area contributed by atoms with Crippen molar-refractivity contribution in [3.8, 4) is 5.75 Å². The van der Waals surface area contributed by atoms with Gasteiger partial charge in [-0.3, -0.25) is 0 Å². The average Bonchev–Trinajstić information content (AvgIpc) is 2.34. The van der Waals surface area contributed by atoms with Gasteiger partial charge in [0.25, 0.3) is 0 Å². The van der Waals surface area contributed by atoms with Gasteiger partial charge in [-0.05, 0) is 37.1 Å². The van der Waals surface area contributed by atoms with Crippen LogP contribution in [0.3, 0.4) is 0 Å². The molecule has 94 valence electrons. The molecule has 2 rings (SSSR count). The molecule has 2 aromatic rings. The fraction of sp³-hybridized carbons (Fsp3) is 0.250. The molecule has 0 atom stereocenters. The number of benzene rings is 2. The molecule has 0 radical (unpaired) electrons. The summed E-state index contributed by atoms with van der Waals surface area (Å²) in [5, 5.41) is 0.671. The zero-order chi connectivity index (χ0) is 13.0. The molecule has 18 heavy (non-hydrogen) atoms. The van der Waals surface area contributed by atoms with Crippen molar-refractivity contribution in [2.45, 2.75) is 20.3 Å². The fourth-order valence-corrected chi connectivity index (χ4v) is 2.04. The second-order valence-electron chi connectivity index (χ2n) is 4.52. The number of halogens is 1. The summed E-state index contributed by atoms with van der Waals surface area (Å²) in [6.07, 6.45) is 0.895. The predicted molar refractivity (Wildman–Crippen MR) is 76.6 cm³/mol. The Morgan fingerprint density at radius 3 is 2.56 bits per heavy atom. The lowest BCUT2D eigenvalue weighted by atomic mass is 10.1. The molecule has 0 heterocycles. The maximum absolute atomic E-state index is 6.08. The highest BCUT2D eigenvalue weighted by molar-refractivity contribution is 6.32. The monoisotopic (exact) mass is 260 g/mol. The zero-order valence-electron chi connectivity index (χ0n) is 10.7. The number of hydrogen-bond donors (Lipinski definition) is 0. The van der Waals surface area contributed by atoms with Gasteiger partial charge in [0.1, 0.15) is 5.75 Å². The third kappa shape index (κ3) is 3.51. The predicted octanol–water partition coefficient (Wildman–Crippen LogP) is 4.58. The molecule has 2 aromatic carbocycles. The van der Waals surface area contributed by atoms with Crippen molar-refractivity contribution in [2.75, 3.05) is 6.61 Å². The summed E-state index contributed by atoms with van der Waals surface area (Å²) in [6.45, 7) is 4.78. The van der Waals surface area contributed by atoms with Gasteiger partial charge in [-0.2, -0.15) is 0 Å². The summed E-state index contributed by atoms with van der Waals surface area (Å²) in [4.78, 5) is 0. The summed E-state index contributed by atoms with van der Waals surface area (Å²) >= 11 is 6.08. The van der Waals surface area contributed by atoms with Crippen LogP contribution in [0, 0.1) is 13.8 Å². The number of ether oxygens (including phenoxy) is 1. The molecule has 0 bridgehead atoms. The van der Waals surface area contributed by atoms with Crippen LogP contribution >= 0.6 is 11.6 Å². The molecule has 0 N–H and O–H groups in total. The van der Waals surface area contributed by atoms with E-state index in [4.69, 9.17) is 16.3 Å². The maximum Gasteiger partial charge on any atom is 0.138 e. The van der Waals surface area contributed by atoms with E-state index in [9.17, 15) is 0 Å². The number of rotatable bonds is 4. The molecule has 0 amide bonds. The van der Waals surface area contributed by atoms with Gasteiger partial charge in [-0.15, -0.1) is 0 Å². The Bertz CT molecular complexity index is 534. The first-order valence-electron chi connectivity index (χ1n) is 6.09. The Morgan fingerprint density at radius 2 is 1.78 bits per heavy atom. The lowest BCUT2D eigenvalue weighted by Gasteiger charge is -2.09. The largest absolute Gasteiger partial charge is 0.492 e. The Morgan fingerprint density at radius 1 is 1.00 bits per heavy atom. The first kappa shape index (κ1) is 13.0. The highest BCUT2D eigenvalue weighted by atomic mass is 35.5. The van der Waals surface area contributed by atoms with Crippen molar-refractivity contribution in [2.24, 2.45) is 0 Å². The maximum atomic E-state index is 6.08. The van der Waals surface area contributed by atoms with Gasteiger partial charge in [0.15, 0.2) is 0 Å². The minimum Gasteiger partial charge on any atom is -0.492 e. The fourth-order valence-electron chi connectivity index (χ4n) is 1.87. The molecule has 0 spiro atoms. The average molecular weight is 261 g/mol. The van der Waals surface area contributed by atoms with Crippen molar-refractivity contribution >= 4 is 11.6 Å². The van der Waals surface area contributed by atoms with Crippen LogP contribution in [0.4, 0.5) is 0 Å². The Labute approximate surface area is 113 Å². The van der Waals surface area contributed by atoms with E-state index in [0.717, 1.165) is 17.7 Å². The van der Waals surface area contributed by atoms with Crippen molar-refractivity contribution in [3.63, 3.8) is 0 Å². The lowest BCUT2D eigenvalue weighted by Crippen LogP contribution is -2.02. The number of aryl methyl sites for hydroxylation is 2. The van der Waals surface area contributed by atoms with Gasteiger partial charge < -0.3 is 4.74 Å². The van der Waals surface area contributed by atoms with Crippen molar-refractivity contribution in [1.82, 2.24) is 0 Å². The molecule has 0 aromatic heterocycles. The molecular formula is C16H17ClO. The molecule has 0 fully saturated rings. The van der Waals surface area contributed by atoms with Gasteiger partial charge in [0.2, 0.25) is 0 Å². The molecule has 0 aliphatic rings. The van der Waals surface area contributed by atoms with Gasteiger partial charge in [0.05, 0.1) is 11.6 Å². The summed E-state index contributed by atoms with van der Waals surface area (Å²) < 4.78 is 5.73. The smallest absolute Gasteiger partial charge is 0.138 e. The van der Waals surface area contributed by atoms with E-state index >= 15 is 0 Å². The van der Waals surface area contributed by atoms with Crippen LogP contribution in [0.25, 0.3) is 0 Å². The lowest BCUT2D eigenvalue weighted by molar-refractivity contribution is 0.322. The van der Waals surface area contributed by atoms with Crippen molar-refractivity contribution in [1.29, 1.82) is 0 Å². The summed E-state index contributed by atoms with van der Waals surface area (Å²) in [5.74, 6) is 0.768. The molecule has 1 nitrogen and oxygen atoms in total. The summed E-state index contributed by atoms with van der Waals surface area (Å²) in [6, 6.07) is 14.3. The third-order valence-electron chi connectivity index (χ3n) is 2.82.